The molecule has 7 nitrogen and oxygen atoms in total. The minimum absolute atomic E-state index is 0.00490. The van der Waals surface area contributed by atoms with Crippen molar-refractivity contribution in [2.45, 2.75) is 6.04 Å². The van der Waals surface area contributed by atoms with Gasteiger partial charge in [0.1, 0.15) is 0 Å². The molecule has 0 radical (unpaired) electrons. The first-order valence-electron chi connectivity index (χ1n) is 8.67. The number of rotatable bonds is 8. The maximum atomic E-state index is 12.2. The lowest BCUT2D eigenvalue weighted by molar-refractivity contribution is -0.123. The highest BCUT2D eigenvalue weighted by molar-refractivity contribution is 5.77. The predicted molar refractivity (Wildman–Crippen MR) is 100 cm³/mol. The van der Waals surface area contributed by atoms with Crippen molar-refractivity contribution in [1.82, 2.24) is 10.2 Å². The lowest BCUT2D eigenvalue weighted by Gasteiger charge is -2.25. The fraction of sp³-hybridized carbons (Fsp3) is 0.350. The van der Waals surface area contributed by atoms with Crippen LogP contribution in [0.2, 0.25) is 0 Å². The quantitative estimate of drug-likeness (QED) is 0.766. The van der Waals surface area contributed by atoms with Gasteiger partial charge in [0, 0.05) is 6.54 Å². The standard InChI is InChI=1S/C20H24N2O5/c1-22(2)15(14-8-9-18-19(10-14)27-13-26-18)11-21-20(23)12-25-17-7-5-4-6-16(17)24-3/h4-10,15H,11-13H2,1-3H3,(H,21,23). The van der Waals surface area contributed by atoms with Crippen LogP contribution in [0.15, 0.2) is 42.5 Å². The highest BCUT2D eigenvalue weighted by Crippen LogP contribution is 2.35. The molecule has 27 heavy (non-hydrogen) atoms. The van der Waals surface area contributed by atoms with Gasteiger partial charge >= 0.3 is 0 Å². The van der Waals surface area contributed by atoms with Crippen LogP contribution >= 0.6 is 0 Å². The molecule has 7 heteroatoms. The molecule has 1 atom stereocenters. The minimum atomic E-state index is -0.200. The van der Waals surface area contributed by atoms with Crippen LogP contribution in [0.25, 0.3) is 0 Å². The largest absolute Gasteiger partial charge is 0.493 e. The molecule has 1 aliphatic rings. The summed E-state index contributed by atoms with van der Waals surface area (Å²) in [5.41, 5.74) is 1.04. The molecule has 3 rings (SSSR count). The van der Waals surface area contributed by atoms with Crippen LogP contribution in [0.3, 0.4) is 0 Å². The molecule has 0 saturated heterocycles. The van der Waals surface area contributed by atoms with Gasteiger partial charge in [-0.3, -0.25) is 4.79 Å². The molecule has 2 aromatic rings. The molecule has 1 aliphatic heterocycles. The summed E-state index contributed by atoms with van der Waals surface area (Å²) in [6.45, 7) is 0.602. The van der Waals surface area contributed by atoms with Crippen LogP contribution in [-0.2, 0) is 4.79 Å². The van der Waals surface area contributed by atoms with Gasteiger partial charge in [0.15, 0.2) is 29.6 Å². The van der Waals surface area contributed by atoms with Crippen molar-refractivity contribution in [3.63, 3.8) is 0 Å². The van der Waals surface area contributed by atoms with Crippen LogP contribution in [0.1, 0.15) is 11.6 Å². The first-order chi connectivity index (χ1) is 13.1. The Kier molecular flexibility index (Phi) is 6.03. The third-order valence-electron chi connectivity index (χ3n) is 4.33. The maximum absolute atomic E-state index is 12.2. The third-order valence-corrected chi connectivity index (χ3v) is 4.33. The van der Waals surface area contributed by atoms with Crippen molar-refractivity contribution in [2.24, 2.45) is 0 Å². The number of para-hydroxylation sites is 2. The normalized spacial score (nSPS) is 13.3. The molecule has 0 fully saturated rings. The fourth-order valence-electron chi connectivity index (χ4n) is 2.86. The van der Waals surface area contributed by atoms with Gasteiger partial charge in [0.05, 0.1) is 13.2 Å². The van der Waals surface area contributed by atoms with E-state index in [0.29, 0.717) is 18.0 Å². The zero-order valence-electron chi connectivity index (χ0n) is 15.7. The van der Waals surface area contributed by atoms with Crippen molar-refractivity contribution in [2.75, 3.05) is 41.1 Å². The number of amides is 1. The van der Waals surface area contributed by atoms with Crippen LogP contribution in [0.5, 0.6) is 23.0 Å². The molecule has 2 aromatic carbocycles. The number of likely N-dealkylation sites (N-methyl/N-ethyl adjacent to an activating group) is 1. The molecule has 0 saturated carbocycles. The molecular formula is C20H24N2O5. The lowest BCUT2D eigenvalue weighted by Crippen LogP contribution is -2.36. The van der Waals surface area contributed by atoms with E-state index in [-0.39, 0.29) is 25.3 Å². The summed E-state index contributed by atoms with van der Waals surface area (Å²) < 4.78 is 21.6. The van der Waals surface area contributed by atoms with Gasteiger partial charge in [-0.1, -0.05) is 18.2 Å². The van der Waals surface area contributed by atoms with E-state index in [9.17, 15) is 4.79 Å². The molecule has 0 aliphatic carbocycles. The van der Waals surface area contributed by atoms with E-state index in [0.717, 1.165) is 17.1 Å². The van der Waals surface area contributed by atoms with Crippen molar-refractivity contribution >= 4 is 5.91 Å². The van der Waals surface area contributed by atoms with Gasteiger partial charge in [-0.05, 0) is 43.9 Å². The summed E-state index contributed by atoms with van der Waals surface area (Å²) in [6.07, 6.45) is 0. The zero-order chi connectivity index (χ0) is 19.2. The Hall–Kier alpha value is -2.93. The van der Waals surface area contributed by atoms with Crippen molar-refractivity contribution in [3.8, 4) is 23.0 Å². The second-order valence-electron chi connectivity index (χ2n) is 6.34. The number of nitrogens with one attached hydrogen (secondary N) is 1. The van der Waals surface area contributed by atoms with Gasteiger partial charge in [-0.25, -0.2) is 0 Å². The number of hydrogen-bond acceptors (Lipinski definition) is 6. The molecule has 1 amide bonds. The van der Waals surface area contributed by atoms with Gasteiger partial charge in [0.25, 0.3) is 5.91 Å². The summed E-state index contributed by atoms with van der Waals surface area (Å²) in [5.74, 6) is 2.40. The topological polar surface area (TPSA) is 69.3 Å². The summed E-state index contributed by atoms with van der Waals surface area (Å²) in [6, 6.07) is 13.0. The number of carbonyl (C=O) groups excluding carboxylic acids is 1. The highest BCUT2D eigenvalue weighted by atomic mass is 16.7. The number of ether oxygens (including phenoxy) is 4. The smallest absolute Gasteiger partial charge is 0.258 e. The van der Waals surface area contributed by atoms with Gasteiger partial charge in [0.2, 0.25) is 6.79 Å². The molecule has 0 aromatic heterocycles. The molecule has 1 unspecified atom stereocenters. The number of nitrogens with zero attached hydrogens (tertiary/aromatic N) is 1. The lowest BCUT2D eigenvalue weighted by atomic mass is 10.1. The van der Waals surface area contributed by atoms with E-state index in [1.165, 1.54) is 0 Å². The van der Waals surface area contributed by atoms with Crippen LogP contribution in [0.4, 0.5) is 0 Å². The first-order valence-corrected chi connectivity index (χ1v) is 8.67. The van der Waals surface area contributed by atoms with Gasteiger partial charge in [-0.15, -0.1) is 0 Å². The SMILES string of the molecule is COc1ccccc1OCC(=O)NCC(c1ccc2c(c1)OCO2)N(C)C. The van der Waals surface area contributed by atoms with Gasteiger partial charge in [-0.2, -0.15) is 0 Å². The molecule has 144 valence electrons. The van der Waals surface area contributed by atoms with E-state index in [1.54, 1.807) is 19.2 Å². The van der Waals surface area contributed by atoms with Crippen LogP contribution < -0.4 is 24.3 Å². The summed E-state index contributed by atoms with van der Waals surface area (Å²) in [4.78, 5) is 14.3. The average Bonchev–Trinajstić information content (AvgIpc) is 3.14. The number of methoxy groups -OCH3 is 1. The number of carbonyl (C=O) groups is 1. The predicted octanol–water partition coefficient (Wildman–Crippen LogP) is 2.22. The Balaban J connectivity index is 1.57. The Bertz CT molecular complexity index is 794. The second kappa shape index (κ2) is 8.64. The summed E-state index contributed by atoms with van der Waals surface area (Å²) >= 11 is 0. The number of benzene rings is 2. The Morgan fingerprint density at radius 2 is 1.89 bits per heavy atom. The summed E-state index contributed by atoms with van der Waals surface area (Å²) in [7, 11) is 5.49. The third kappa shape index (κ3) is 4.62. The van der Waals surface area contributed by atoms with Crippen LogP contribution in [0, 0.1) is 0 Å². The monoisotopic (exact) mass is 372 g/mol. The molecular weight excluding hydrogens is 348 g/mol. The average molecular weight is 372 g/mol. The molecule has 0 bridgehead atoms. The highest BCUT2D eigenvalue weighted by Gasteiger charge is 2.20. The zero-order valence-corrected chi connectivity index (χ0v) is 15.7. The molecule has 0 spiro atoms. The van der Waals surface area contributed by atoms with Crippen molar-refractivity contribution in [3.05, 3.63) is 48.0 Å². The molecule has 1 heterocycles. The van der Waals surface area contributed by atoms with E-state index in [1.807, 2.05) is 49.3 Å². The first kappa shape index (κ1) is 18.8. The fourth-order valence-corrected chi connectivity index (χ4v) is 2.86. The minimum Gasteiger partial charge on any atom is -0.493 e. The summed E-state index contributed by atoms with van der Waals surface area (Å²) in [5, 5.41) is 2.92. The van der Waals surface area contributed by atoms with Crippen LogP contribution in [-0.4, -0.2) is 52.0 Å². The second-order valence-corrected chi connectivity index (χ2v) is 6.34. The Morgan fingerprint density at radius 1 is 1.15 bits per heavy atom. The van der Waals surface area contributed by atoms with Crippen molar-refractivity contribution in [1.29, 1.82) is 0 Å². The van der Waals surface area contributed by atoms with E-state index < -0.39 is 0 Å². The van der Waals surface area contributed by atoms with E-state index >= 15 is 0 Å². The molecule has 1 N–H and O–H groups in total. The van der Waals surface area contributed by atoms with E-state index in [2.05, 4.69) is 5.32 Å². The number of fused-ring (bicyclic) bond motifs is 1. The maximum Gasteiger partial charge on any atom is 0.258 e. The Morgan fingerprint density at radius 3 is 2.63 bits per heavy atom. The number of hydrogen-bond donors (Lipinski definition) is 1. The van der Waals surface area contributed by atoms with Gasteiger partial charge < -0.3 is 29.2 Å². The Labute approximate surface area is 158 Å². The van der Waals surface area contributed by atoms with Crippen molar-refractivity contribution < 1.29 is 23.7 Å². The van der Waals surface area contributed by atoms with E-state index in [4.69, 9.17) is 18.9 Å².